The first-order chi connectivity index (χ1) is 12.2. The third-order valence-corrected chi connectivity index (χ3v) is 5.79. The Bertz CT molecular complexity index is 761. The first-order valence-corrected chi connectivity index (χ1v) is 9.60. The van der Waals surface area contributed by atoms with Gasteiger partial charge >= 0.3 is 0 Å². The van der Waals surface area contributed by atoms with Crippen LogP contribution in [0.4, 0.5) is 5.82 Å². The van der Waals surface area contributed by atoms with E-state index in [1.54, 1.807) is 0 Å². The van der Waals surface area contributed by atoms with Crippen LogP contribution in [0.1, 0.15) is 44.1 Å². The molecule has 2 aromatic rings. The summed E-state index contributed by atoms with van der Waals surface area (Å²) < 4.78 is 0. The van der Waals surface area contributed by atoms with Crippen molar-refractivity contribution in [2.75, 3.05) is 18.0 Å². The second-order valence-electron chi connectivity index (χ2n) is 7.64. The van der Waals surface area contributed by atoms with Gasteiger partial charge in [0.15, 0.2) is 0 Å². The lowest BCUT2D eigenvalue weighted by molar-refractivity contribution is -0.123. The van der Waals surface area contributed by atoms with Gasteiger partial charge in [0, 0.05) is 30.9 Å². The van der Waals surface area contributed by atoms with Gasteiger partial charge in [-0.05, 0) is 62.6 Å². The Morgan fingerprint density at radius 2 is 1.96 bits per heavy atom. The van der Waals surface area contributed by atoms with E-state index < -0.39 is 0 Å². The monoisotopic (exact) mass is 337 g/mol. The third kappa shape index (κ3) is 3.63. The molecule has 4 rings (SSSR count). The highest BCUT2D eigenvalue weighted by Crippen LogP contribution is 2.27. The molecule has 1 amide bonds. The number of carbonyl (C=O) groups is 1. The van der Waals surface area contributed by atoms with Crippen molar-refractivity contribution >= 4 is 22.6 Å². The Hall–Kier alpha value is -2.10. The standard InChI is InChI=1S/C21H27N3O/c1-15-13-20(23-19-8-3-2-7-18(15)19)24-11-9-16(10-12-24)14-21(25)22-17-5-4-6-17/h2-3,7-8,13,16-17H,4-6,9-12,14H2,1H3,(H,22,25). The van der Waals surface area contributed by atoms with Crippen molar-refractivity contribution in [1.82, 2.24) is 10.3 Å². The Morgan fingerprint density at radius 1 is 1.20 bits per heavy atom. The molecule has 1 saturated heterocycles. The predicted octanol–water partition coefficient (Wildman–Crippen LogP) is 3.82. The summed E-state index contributed by atoms with van der Waals surface area (Å²) in [6.07, 6.45) is 6.43. The number of hydrogen-bond acceptors (Lipinski definition) is 3. The molecule has 1 N–H and O–H groups in total. The van der Waals surface area contributed by atoms with E-state index in [1.807, 2.05) is 6.07 Å². The number of piperidine rings is 1. The summed E-state index contributed by atoms with van der Waals surface area (Å²) in [7, 11) is 0. The second kappa shape index (κ2) is 7.03. The van der Waals surface area contributed by atoms with Crippen molar-refractivity contribution in [3.8, 4) is 0 Å². The molecule has 0 spiro atoms. The van der Waals surface area contributed by atoms with Crippen LogP contribution in [-0.2, 0) is 4.79 Å². The molecule has 1 aliphatic heterocycles. The van der Waals surface area contributed by atoms with Crippen LogP contribution in [0.5, 0.6) is 0 Å². The normalized spacial score (nSPS) is 19.0. The zero-order chi connectivity index (χ0) is 17.2. The Kier molecular flexibility index (Phi) is 4.60. The SMILES string of the molecule is Cc1cc(N2CCC(CC(=O)NC3CCC3)CC2)nc2ccccc12. The summed E-state index contributed by atoms with van der Waals surface area (Å²) in [4.78, 5) is 19.3. The highest BCUT2D eigenvalue weighted by molar-refractivity contribution is 5.83. The van der Waals surface area contributed by atoms with Gasteiger partial charge in [0.2, 0.25) is 5.91 Å². The number of benzene rings is 1. The molecule has 1 saturated carbocycles. The van der Waals surface area contributed by atoms with Crippen molar-refractivity contribution in [3.05, 3.63) is 35.9 Å². The van der Waals surface area contributed by atoms with E-state index in [2.05, 4.69) is 41.4 Å². The average molecular weight is 337 g/mol. The quantitative estimate of drug-likeness (QED) is 0.922. The fourth-order valence-electron chi connectivity index (χ4n) is 3.96. The third-order valence-electron chi connectivity index (χ3n) is 5.79. The number of pyridine rings is 1. The molecule has 132 valence electrons. The number of nitrogens with one attached hydrogen (secondary N) is 1. The zero-order valence-corrected chi connectivity index (χ0v) is 15.0. The number of nitrogens with zero attached hydrogens (tertiary/aromatic N) is 2. The molecule has 2 aliphatic rings. The smallest absolute Gasteiger partial charge is 0.220 e. The van der Waals surface area contributed by atoms with Crippen molar-refractivity contribution in [1.29, 1.82) is 0 Å². The van der Waals surface area contributed by atoms with Crippen molar-refractivity contribution in [3.63, 3.8) is 0 Å². The van der Waals surface area contributed by atoms with E-state index in [-0.39, 0.29) is 5.91 Å². The van der Waals surface area contributed by atoms with Gasteiger partial charge < -0.3 is 10.2 Å². The first-order valence-electron chi connectivity index (χ1n) is 9.60. The molecule has 0 bridgehead atoms. The maximum atomic E-state index is 12.1. The van der Waals surface area contributed by atoms with Crippen LogP contribution in [0.25, 0.3) is 10.9 Å². The van der Waals surface area contributed by atoms with Gasteiger partial charge in [0.05, 0.1) is 5.52 Å². The minimum Gasteiger partial charge on any atom is -0.357 e. The Balaban J connectivity index is 1.36. The minimum atomic E-state index is 0.253. The minimum absolute atomic E-state index is 0.253. The van der Waals surface area contributed by atoms with Crippen LogP contribution >= 0.6 is 0 Å². The molecule has 1 aromatic heterocycles. The lowest BCUT2D eigenvalue weighted by Crippen LogP contribution is -2.41. The highest BCUT2D eigenvalue weighted by atomic mass is 16.1. The summed E-state index contributed by atoms with van der Waals surface area (Å²) in [5.74, 6) is 1.84. The van der Waals surface area contributed by atoms with Gasteiger partial charge in [-0.3, -0.25) is 4.79 Å². The maximum Gasteiger partial charge on any atom is 0.220 e. The largest absolute Gasteiger partial charge is 0.357 e. The fraction of sp³-hybridized carbons (Fsp3) is 0.524. The van der Waals surface area contributed by atoms with Crippen molar-refractivity contribution < 1.29 is 4.79 Å². The van der Waals surface area contributed by atoms with Crippen LogP contribution in [0.3, 0.4) is 0 Å². The summed E-state index contributed by atoms with van der Waals surface area (Å²) in [5.41, 5.74) is 2.35. The van der Waals surface area contributed by atoms with Gasteiger partial charge in [-0.15, -0.1) is 0 Å². The number of anilines is 1. The molecule has 4 heteroatoms. The first kappa shape index (κ1) is 16.4. The number of hydrogen-bond donors (Lipinski definition) is 1. The molecule has 0 unspecified atom stereocenters. The number of rotatable bonds is 4. The molecule has 1 aromatic carbocycles. The predicted molar refractivity (Wildman–Crippen MR) is 102 cm³/mol. The number of para-hydroxylation sites is 1. The average Bonchev–Trinajstić information content (AvgIpc) is 2.59. The van der Waals surface area contributed by atoms with E-state index in [9.17, 15) is 4.79 Å². The van der Waals surface area contributed by atoms with Gasteiger partial charge in [0.25, 0.3) is 0 Å². The molecule has 1 aliphatic carbocycles. The molecule has 2 heterocycles. The van der Waals surface area contributed by atoms with Gasteiger partial charge in [0.1, 0.15) is 5.82 Å². The van der Waals surface area contributed by atoms with Crippen molar-refractivity contribution in [2.24, 2.45) is 5.92 Å². The highest BCUT2D eigenvalue weighted by Gasteiger charge is 2.25. The van der Waals surface area contributed by atoms with Crippen LogP contribution in [0.2, 0.25) is 0 Å². The number of carbonyl (C=O) groups excluding carboxylic acids is 1. The number of fused-ring (bicyclic) bond motifs is 1. The van der Waals surface area contributed by atoms with E-state index in [0.29, 0.717) is 18.4 Å². The summed E-state index contributed by atoms with van der Waals surface area (Å²) >= 11 is 0. The molecular weight excluding hydrogens is 310 g/mol. The van der Waals surface area contributed by atoms with Crippen LogP contribution in [0, 0.1) is 12.8 Å². The summed E-state index contributed by atoms with van der Waals surface area (Å²) in [6.45, 7) is 4.14. The zero-order valence-electron chi connectivity index (χ0n) is 15.0. The van der Waals surface area contributed by atoms with Crippen LogP contribution in [0.15, 0.2) is 30.3 Å². The maximum absolute atomic E-state index is 12.1. The number of amides is 1. The molecular formula is C21H27N3O. The number of aryl methyl sites for hydroxylation is 1. The Labute approximate surface area is 149 Å². The van der Waals surface area contributed by atoms with Gasteiger partial charge in [-0.25, -0.2) is 4.98 Å². The van der Waals surface area contributed by atoms with E-state index in [1.165, 1.54) is 17.4 Å². The lowest BCUT2D eigenvalue weighted by atomic mass is 9.90. The molecule has 0 radical (unpaired) electrons. The summed E-state index contributed by atoms with van der Waals surface area (Å²) in [5, 5.41) is 4.40. The van der Waals surface area contributed by atoms with Crippen LogP contribution < -0.4 is 10.2 Å². The topological polar surface area (TPSA) is 45.2 Å². The molecule has 0 atom stereocenters. The van der Waals surface area contributed by atoms with Gasteiger partial charge in [-0.2, -0.15) is 0 Å². The number of aromatic nitrogens is 1. The van der Waals surface area contributed by atoms with Gasteiger partial charge in [-0.1, -0.05) is 18.2 Å². The molecule has 25 heavy (non-hydrogen) atoms. The van der Waals surface area contributed by atoms with Crippen LogP contribution in [-0.4, -0.2) is 30.0 Å². The molecule has 2 fully saturated rings. The van der Waals surface area contributed by atoms with E-state index in [4.69, 9.17) is 4.98 Å². The van der Waals surface area contributed by atoms with Crippen molar-refractivity contribution in [2.45, 2.75) is 51.5 Å². The fourth-order valence-corrected chi connectivity index (χ4v) is 3.96. The van der Waals surface area contributed by atoms with E-state index >= 15 is 0 Å². The molecule has 4 nitrogen and oxygen atoms in total. The Morgan fingerprint density at radius 3 is 2.68 bits per heavy atom. The lowest BCUT2D eigenvalue weighted by Gasteiger charge is -2.33. The second-order valence-corrected chi connectivity index (χ2v) is 7.64. The summed E-state index contributed by atoms with van der Waals surface area (Å²) in [6, 6.07) is 11.0. The van der Waals surface area contributed by atoms with E-state index in [0.717, 1.165) is 50.1 Å².